The minimum absolute atomic E-state index is 0.207. The number of ether oxygens (including phenoxy) is 2. The average Bonchev–Trinajstić information content (AvgIpc) is 3.06. The molecule has 1 N–H and O–H groups in total. The summed E-state index contributed by atoms with van der Waals surface area (Å²) in [5.74, 6) is 0.390. The summed E-state index contributed by atoms with van der Waals surface area (Å²) in [5.41, 5.74) is 1.40. The monoisotopic (exact) mass is 358 g/mol. The van der Waals surface area contributed by atoms with Crippen molar-refractivity contribution in [2.45, 2.75) is 6.92 Å². The van der Waals surface area contributed by atoms with Crippen molar-refractivity contribution in [2.75, 3.05) is 26.8 Å². The largest absolute Gasteiger partial charge is 0.492 e. The third-order valence-corrected chi connectivity index (χ3v) is 3.74. The molecule has 3 rings (SSSR count). The van der Waals surface area contributed by atoms with E-state index in [0.29, 0.717) is 41.5 Å². The molecule has 0 radical (unpaired) electrons. The molecule has 0 saturated carbocycles. The molecule has 0 fully saturated rings. The molecule has 0 aliphatic rings. The van der Waals surface area contributed by atoms with Crippen molar-refractivity contribution in [3.05, 3.63) is 48.0 Å². The van der Waals surface area contributed by atoms with Crippen molar-refractivity contribution in [1.29, 1.82) is 0 Å². The smallest absolute Gasteiger partial charge is 0.257 e. The van der Waals surface area contributed by atoms with E-state index in [0.717, 1.165) is 0 Å². The highest BCUT2D eigenvalue weighted by Crippen LogP contribution is 2.19. The zero-order chi connectivity index (χ0) is 18.5. The number of benzene rings is 1. The third-order valence-electron chi connectivity index (χ3n) is 3.74. The number of nitrogens with one attached hydrogen (secondary N) is 1. The van der Waals surface area contributed by atoms with Crippen LogP contribution in [0.1, 0.15) is 17.3 Å². The quantitative estimate of drug-likeness (QED) is 0.702. The topological polar surface area (TPSA) is 80.3 Å². The van der Waals surface area contributed by atoms with Gasteiger partial charge in [0, 0.05) is 13.2 Å². The number of rotatable bonds is 7. The Hall–Kier alpha value is -3.16. The first-order valence-electron chi connectivity index (χ1n) is 8.19. The Labute approximate surface area is 149 Å². The summed E-state index contributed by atoms with van der Waals surface area (Å²) >= 11 is 0. The van der Waals surface area contributed by atoms with Crippen LogP contribution in [0.2, 0.25) is 0 Å². The van der Waals surface area contributed by atoms with E-state index in [4.69, 9.17) is 9.47 Å². The van der Waals surface area contributed by atoms with Crippen molar-refractivity contribution >= 4 is 17.1 Å². The number of carbonyl (C=O) groups excluding carboxylic acids is 1. The van der Waals surface area contributed by atoms with Gasteiger partial charge in [-0.15, -0.1) is 0 Å². The van der Waals surface area contributed by atoms with Crippen molar-refractivity contribution in [1.82, 2.24) is 19.9 Å². The lowest BCUT2D eigenvalue weighted by atomic mass is 10.2. The van der Waals surface area contributed by atoms with Crippen LogP contribution in [0.15, 0.2) is 36.7 Å². The van der Waals surface area contributed by atoms with E-state index in [-0.39, 0.29) is 18.3 Å². The van der Waals surface area contributed by atoms with Gasteiger partial charge in [0.25, 0.3) is 5.91 Å². The molecule has 0 saturated heterocycles. The van der Waals surface area contributed by atoms with E-state index < -0.39 is 0 Å². The Kier molecular flexibility index (Phi) is 5.31. The van der Waals surface area contributed by atoms with Gasteiger partial charge in [-0.1, -0.05) is 0 Å². The van der Waals surface area contributed by atoms with E-state index in [2.05, 4.69) is 15.0 Å². The summed E-state index contributed by atoms with van der Waals surface area (Å²) in [6.07, 6.45) is 3.09. The first-order valence-corrected chi connectivity index (χ1v) is 8.19. The Bertz CT molecular complexity index is 895. The highest BCUT2D eigenvalue weighted by Gasteiger charge is 2.18. The van der Waals surface area contributed by atoms with Gasteiger partial charge in [0.05, 0.1) is 24.9 Å². The van der Waals surface area contributed by atoms with Gasteiger partial charge in [-0.3, -0.25) is 4.79 Å². The number of likely N-dealkylation sites (N-methyl/N-ethyl adjacent to an activating group) is 1. The molecule has 7 nitrogen and oxygen atoms in total. The standard InChI is InChI=1S/C18H19FN4O3/c1-3-25-15-11-21-17-16(22-15)14(10-20-17)18(24)23(2)8-9-26-13-6-4-12(19)5-7-13/h4-7,10-11H,3,8-9H2,1-2H3,(H,20,21). The van der Waals surface area contributed by atoms with Crippen LogP contribution in [0.25, 0.3) is 11.2 Å². The van der Waals surface area contributed by atoms with Gasteiger partial charge >= 0.3 is 0 Å². The molecule has 0 aliphatic heterocycles. The van der Waals surface area contributed by atoms with E-state index in [9.17, 15) is 9.18 Å². The number of H-pyrrole nitrogens is 1. The first kappa shape index (κ1) is 17.7. The maximum atomic E-state index is 12.9. The predicted octanol–water partition coefficient (Wildman–Crippen LogP) is 2.65. The van der Waals surface area contributed by atoms with Gasteiger partial charge in [-0.25, -0.2) is 14.4 Å². The molecule has 8 heteroatoms. The van der Waals surface area contributed by atoms with Gasteiger partial charge in [0.15, 0.2) is 5.65 Å². The Balaban J connectivity index is 1.65. The van der Waals surface area contributed by atoms with Crippen LogP contribution >= 0.6 is 0 Å². The van der Waals surface area contributed by atoms with Crippen LogP contribution < -0.4 is 9.47 Å². The number of carbonyl (C=O) groups is 1. The molecule has 1 amide bonds. The number of aromatic nitrogens is 3. The summed E-state index contributed by atoms with van der Waals surface area (Å²) in [4.78, 5) is 25.7. The molecule has 0 spiro atoms. The first-order chi connectivity index (χ1) is 12.6. The molecule has 136 valence electrons. The average molecular weight is 358 g/mol. The van der Waals surface area contributed by atoms with Crippen LogP contribution in [0.4, 0.5) is 4.39 Å². The number of nitrogens with zero attached hydrogens (tertiary/aromatic N) is 3. The van der Waals surface area contributed by atoms with Gasteiger partial charge in [-0.05, 0) is 31.2 Å². The molecule has 26 heavy (non-hydrogen) atoms. The minimum Gasteiger partial charge on any atom is -0.492 e. The second kappa shape index (κ2) is 7.81. The number of halogens is 1. The molecule has 0 aliphatic carbocycles. The molecule has 0 unspecified atom stereocenters. The van der Waals surface area contributed by atoms with E-state index in [1.165, 1.54) is 23.2 Å². The van der Waals surface area contributed by atoms with Crippen LogP contribution in [-0.4, -0.2) is 52.6 Å². The van der Waals surface area contributed by atoms with Gasteiger partial charge in [-0.2, -0.15) is 0 Å². The van der Waals surface area contributed by atoms with E-state index in [1.807, 2.05) is 6.92 Å². The maximum absolute atomic E-state index is 12.9. The SMILES string of the molecule is CCOc1cnc2[nH]cc(C(=O)N(C)CCOc3ccc(F)cc3)c2n1. The molecule has 0 bridgehead atoms. The lowest BCUT2D eigenvalue weighted by Gasteiger charge is -2.17. The fourth-order valence-electron chi connectivity index (χ4n) is 2.39. The number of aromatic amines is 1. The lowest BCUT2D eigenvalue weighted by molar-refractivity contribution is 0.0775. The number of fused-ring (bicyclic) bond motifs is 1. The summed E-state index contributed by atoms with van der Waals surface area (Å²) in [7, 11) is 1.68. The Morgan fingerprint density at radius 2 is 2.04 bits per heavy atom. The minimum atomic E-state index is -0.323. The fraction of sp³-hybridized carbons (Fsp3) is 0.278. The maximum Gasteiger partial charge on any atom is 0.257 e. The third kappa shape index (κ3) is 3.90. The van der Waals surface area contributed by atoms with E-state index >= 15 is 0 Å². The predicted molar refractivity (Wildman–Crippen MR) is 93.9 cm³/mol. The van der Waals surface area contributed by atoms with Gasteiger partial charge < -0.3 is 19.4 Å². The molecule has 2 heterocycles. The zero-order valence-corrected chi connectivity index (χ0v) is 14.5. The molecular weight excluding hydrogens is 339 g/mol. The second-order valence-electron chi connectivity index (χ2n) is 5.57. The zero-order valence-electron chi connectivity index (χ0n) is 14.5. The van der Waals surface area contributed by atoms with Crippen molar-refractivity contribution < 1.29 is 18.7 Å². The van der Waals surface area contributed by atoms with Crippen molar-refractivity contribution in [3.63, 3.8) is 0 Å². The van der Waals surface area contributed by atoms with Gasteiger partial charge in [0.1, 0.15) is 23.7 Å². The summed E-state index contributed by atoms with van der Waals surface area (Å²) in [5, 5.41) is 0. The van der Waals surface area contributed by atoms with Crippen LogP contribution in [0.5, 0.6) is 11.6 Å². The number of hydrogen-bond donors (Lipinski definition) is 1. The highest BCUT2D eigenvalue weighted by molar-refractivity contribution is 6.04. The summed E-state index contributed by atoms with van der Waals surface area (Å²) in [6, 6.07) is 5.73. The molecular formula is C18H19FN4O3. The lowest BCUT2D eigenvalue weighted by Crippen LogP contribution is -2.30. The molecule has 2 aromatic heterocycles. The fourth-order valence-corrected chi connectivity index (χ4v) is 2.39. The van der Waals surface area contributed by atoms with Crippen molar-refractivity contribution in [3.8, 4) is 11.6 Å². The van der Waals surface area contributed by atoms with Gasteiger partial charge in [0.2, 0.25) is 5.88 Å². The number of hydrogen-bond acceptors (Lipinski definition) is 5. The Morgan fingerprint density at radius 3 is 2.77 bits per heavy atom. The second-order valence-corrected chi connectivity index (χ2v) is 5.57. The van der Waals surface area contributed by atoms with Crippen molar-refractivity contribution in [2.24, 2.45) is 0 Å². The Morgan fingerprint density at radius 1 is 1.27 bits per heavy atom. The molecule has 1 aromatic carbocycles. The normalized spacial score (nSPS) is 10.7. The van der Waals surface area contributed by atoms with Crippen LogP contribution in [0, 0.1) is 5.82 Å². The van der Waals surface area contributed by atoms with Crippen LogP contribution in [0.3, 0.4) is 0 Å². The van der Waals surface area contributed by atoms with Crippen LogP contribution in [-0.2, 0) is 0 Å². The highest BCUT2D eigenvalue weighted by atomic mass is 19.1. The molecule has 3 aromatic rings. The summed E-state index contributed by atoms with van der Waals surface area (Å²) < 4.78 is 23.7. The summed E-state index contributed by atoms with van der Waals surface area (Å²) in [6.45, 7) is 2.96. The molecule has 0 atom stereocenters. The van der Waals surface area contributed by atoms with E-state index in [1.54, 1.807) is 25.4 Å². The number of amides is 1.